The molecule has 0 atom stereocenters. The molecule has 90 valence electrons. The zero-order chi connectivity index (χ0) is 11.8. The topological polar surface area (TPSA) is 55.8 Å². The maximum absolute atomic E-state index is 11.5. The molecule has 17 heavy (non-hydrogen) atoms. The Balaban J connectivity index is 1.79. The average Bonchev–Trinajstić information content (AvgIpc) is 2.85. The van der Waals surface area contributed by atoms with Crippen LogP contribution in [0, 0.1) is 0 Å². The summed E-state index contributed by atoms with van der Waals surface area (Å²) in [5, 5.41) is 1.88. The molecule has 0 spiro atoms. The van der Waals surface area contributed by atoms with Gasteiger partial charge >= 0.3 is 0 Å². The fourth-order valence-electron chi connectivity index (χ4n) is 1.98. The zero-order valence-corrected chi connectivity index (χ0v) is 9.92. The third-order valence-corrected chi connectivity index (χ3v) is 3.71. The van der Waals surface area contributed by atoms with Gasteiger partial charge in [-0.05, 0) is 0 Å². The first-order chi connectivity index (χ1) is 8.24. The summed E-state index contributed by atoms with van der Waals surface area (Å²) >= 11 is 1.50. The van der Waals surface area contributed by atoms with Crippen molar-refractivity contribution in [3.05, 3.63) is 10.3 Å². The Morgan fingerprint density at radius 2 is 2.12 bits per heavy atom. The van der Waals surface area contributed by atoms with Crippen molar-refractivity contribution in [3.63, 3.8) is 0 Å². The number of Topliss-reactive ketones (excluding diaryl/α,β-unsaturated/α-hetero) is 1. The summed E-state index contributed by atoms with van der Waals surface area (Å²) in [4.78, 5) is 25.2. The monoisotopic (exact) mass is 253 g/mol. The number of nitrogens with zero attached hydrogens (tertiary/aromatic N) is 1. The summed E-state index contributed by atoms with van der Waals surface area (Å²) < 4.78 is 11.0. The van der Waals surface area contributed by atoms with E-state index in [-0.39, 0.29) is 24.7 Å². The van der Waals surface area contributed by atoms with Crippen molar-refractivity contribution in [2.75, 3.05) is 19.8 Å². The third kappa shape index (κ3) is 1.88. The van der Waals surface area contributed by atoms with Gasteiger partial charge < -0.3 is 14.4 Å². The fraction of sp³-hybridized carbons (Fsp3) is 0.455. The minimum absolute atomic E-state index is 0.0161. The van der Waals surface area contributed by atoms with Gasteiger partial charge in [0.25, 0.3) is 0 Å². The maximum Gasteiger partial charge on any atom is 0.230 e. The van der Waals surface area contributed by atoms with E-state index < -0.39 is 0 Å². The molecule has 1 amide bonds. The van der Waals surface area contributed by atoms with Crippen LogP contribution < -0.4 is 9.47 Å². The molecule has 6 heteroatoms. The van der Waals surface area contributed by atoms with Crippen LogP contribution in [0.1, 0.15) is 11.3 Å². The molecule has 0 saturated carbocycles. The minimum atomic E-state index is -0.103. The normalized spacial score (nSPS) is 18.9. The number of hydrogen-bond acceptors (Lipinski definition) is 5. The SMILES string of the molecule is O=C1CC(=O)N(Cc2scc3c2OCCO3)C1. The van der Waals surface area contributed by atoms with Crippen molar-refractivity contribution in [2.24, 2.45) is 0 Å². The highest BCUT2D eigenvalue weighted by molar-refractivity contribution is 7.10. The second-order valence-corrected chi connectivity index (χ2v) is 4.98. The molecule has 1 fully saturated rings. The molecule has 5 nitrogen and oxygen atoms in total. The summed E-state index contributed by atoms with van der Waals surface area (Å²) in [6.45, 7) is 1.74. The molecule has 3 heterocycles. The number of rotatable bonds is 2. The summed E-state index contributed by atoms with van der Waals surface area (Å²) in [5.41, 5.74) is 0. The largest absolute Gasteiger partial charge is 0.485 e. The van der Waals surface area contributed by atoms with Gasteiger partial charge in [0.2, 0.25) is 5.91 Å². The average molecular weight is 253 g/mol. The van der Waals surface area contributed by atoms with E-state index in [1.165, 1.54) is 11.3 Å². The van der Waals surface area contributed by atoms with Crippen LogP contribution in [0.4, 0.5) is 0 Å². The number of ether oxygens (including phenoxy) is 2. The Morgan fingerprint density at radius 1 is 1.29 bits per heavy atom. The molecule has 2 aliphatic heterocycles. The van der Waals surface area contributed by atoms with Crippen molar-refractivity contribution < 1.29 is 19.1 Å². The summed E-state index contributed by atoms with van der Waals surface area (Å²) in [5.74, 6) is 1.36. The van der Waals surface area contributed by atoms with Crippen LogP contribution in [-0.2, 0) is 16.1 Å². The number of hydrogen-bond donors (Lipinski definition) is 0. The second-order valence-electron chi connectivity index (χ2n) is 4.01. The predicted octanol–water partition coefficient (Wildman–Crippen LogP) is 0.821. The number of carbonyl (C=O) groups excluding carboxylic acids is 2. The first-order valence-electron chi connectivity index (χ1n) is 5.39. The molecule has 0 unspecified atom stereocenters. The van der Waals surface area contributed by atoms with E-state index >= 15 is 0 Å². The Kier molecular flexibility index (Phi) is 2.51. The molecule has 1 saturated heterocycles. The number of amides is 1. The van der Waals surface area contributed by atoms with Crippen LogP contribution in [0.5, 0.6) is 11.5 Å². The van der Waals surface area contributed by atoms with Crippen LogP contribution in [-0.4, -0.2) is 36.3 Å². The van der Waals surface area contributed by atoms with Crippen LogP contribution in [0.3, 0.4) is 0 Å². The Labute approximate surface area is 102 Å². The van der Waals surface area contributed by atoms with E-state index in [0.29, 0.717) is 19.8 Å². The molecular formula is C11H11NO4S. The highest BCUT2D eigenvalue weighted by atomic mass is 32.1. The fourth-order valence-corrected chi connectivity index (χ4v) is 2.90. The first kappa shape index (κ1) is 10.6. The van der Waals surface area contributed by atoms with Gasteiger partial charge in [-0.1, -0.05) is 0 Å². The summed E-state index contributed by atoms with van der Waals surface area (Å²) in [6, 6.07) is 0. The van der Waals surface area contributed by atoms with E-state index in [4.69, 9.17) is 9.47 Å². The van der Waals surface area contributed by atoms with E-state index in [9.17, 15) is 9.59 Å². The molecular weight excluding hydrogens is 242 g/mol. The van der Waals surface area contributed by atoms with Gasteiger partial charge in [0, 0.05) is 5.38 Å². The quantitative estimate of drug-likeness (QED) is 0.732. The van der Waals surface area contributed by atoms with E-state index in [0.717, 1.165) is 16.4 Å². The molecule has 0 N–H and O–H groups in total. The van der Waals surface area contributed by atoms with E-state index in [2.05, 4.69) is 0 Å². The van der Waals surface area contributed by atoms with Gasteiger partial charge in [0.05, 0.1) is 24.4 Å². The maximum atomic E-state index is 11.5. The first-order valence-corrected chi connectivity index (χ1v) is 6.27. The summed E-state index contributed by atoms with van der Waals surface area (Å²) in [7, 11) is 0. The number of likely N-dealkylation sites (tertiary alicyclic amines) is 1. The number of carbonyl (C=O) groups is 2. The zero-order valence-electron chi connectivity index (χ0n) is 9.10. The lowest BCUT2D eigenvalue weighted by molar-refractivity contribution is -0.128. The van der Waals surface area contributed by atoms with Gasteiger partial charge in [0.1, 0.15) is 13.2 Å². The van der Waals surface area contributed by atoms with Crippen molar-refractivity contribution >= 4 is 23.0 Å². The van der Waals surface area contributed by atoms with Crippen molar-refractivity contribution in [1.82, 2.24) is 4.90 Å². The van der Waals surface area contributed by atoms with Crippen molar-refractivity contribution in [3.8, 4) is 11.5 Å². The van der Waals surface area contributed by atoms with Gasteiger partial charge in [-0.15, -0.1) is 11.3 Å². The lowest BCUT2D eigenvalue weighted by Crippen LogP contribution is -2.25. The molecule has 1 aromatic rings. The van der Waals surface area contributed by atoms with Gasteiger partial charge in [-0.2, -0.15) is 0 Å². The molecule has 3 rings (SSSR count). The number of thiophene rings is 1. The standard InChI is InChI=1S/C11H11NO4S/c13-7-3-10(14)12(4-7)5-9-11-8(6-17-9)15-1-2-16-11/h6H,1-5H2. The highest BCUT2D eigenvalue weighted by Gasteiger charge is 2.29. The van der Waals surface area contributed by atoms with Crippen LogP contribution in [0.2, 0.25) is 0 Å². The van der Waals surface area contributed by atoms with E-state index in [1.54, 1.807) is 4.90 Å². The van der Waals surface area contributed by atoms with Gasteiger partial charge in [-0.3, -0.25) is 9.59 Å². The Bertz CT molecular complexity index is 482. The number of fused-ring (bicyclic) bond motifs is 1. The molecule has 0 aromatic carbocycles. The molecule has 2 aliphatic rings. The van der Waals surface area contributed by atoms with Gasteiger partial charge in [0.15, 0.2) is 17.3 Å². The molecule has 0 aliphatic carbocycles. The molecule has 0 radical (unpaired) electrons. The lowest BCUT2D eigenvalue weighted by atomic mass is 10.3. The minimum Gasteiger partial charge on any atom is -0.485 e. The Hall–Kier alpha value is -1.56. The van der Waals surface area contributed by atoms with Crippen molar-refractivity contribution in [1.29, 1.82) is 0 Å². The summed E-state index contributed by atoms with van der Waals surface area (Å²) in [6.07, 6.45) is 0.0327. The lowest BCUT2D eigenvalue weighted by Gasteiger charge is -2.18. The second kappa shape index (κ2) is 4.03. The van der Waals surface area contributed by atoms with Crippen LogP contribution >= 0.6 is 11.3 Å². The third-order valence-electron chi connectivity index (χ3n) is 2.78. The van der Waals surface area contributed by atoms with Gasteiger partial charge in [-0.25, -0.2) is 0 Å². The number of ketones is 1. The van der Waals surface area contributed by atoms with Crippen LogP contribution in [0.15, 0.2) is 5.38 Å². The molecule has 1 aromatic heterocycles. The van der Waals surface area contributed by atoms with E-state index in [1.807, 2.05) is 5.38 Å². The Morgan fingerprint density at radius 3 is 2.88 bits per heavy atom. The van der Waals surface area contributed by atoms with Crippen LogP contribution in [0.25, 0.3) is 0 Å². The predicted molar refractivity (Wildman–Crippen MR) is 60.4 cm³/mol. The highest BCUT2D eigenvalue weighted by Crippen LogP contribution is 2.40. The van der Waals surface area contributed by atoms with Crippen molar-refractivity contribution in [2.45, 2.75) is 13.0 Å². The smallest absolute Gasteiger partial charge is 0.230 e. The molecule has 0 bridgehead atoms.